The molecule has 1 aromatic carbocycles. The van der Waals surface area contributed by atoms with Gasteiger partial charge < -0.3 is 0 Å². The number of nitrogens with zero attached hydrogens (tertiary/aromatic N) is 1. The molecule has 1 heterocycles. The van der Waals surface area contributed by atoms with Crippen LogP contribution < -0.4 is 0 Å². The molecule has 2 aromatic rings. The molecule has 0 aliphatic rings. The Morgan fingerprint density at radius 1 is 1.21 bits per heavy atom. The second-order valence-electron chi connectivity index (χ2n) is 4.06. The Morgan fingerprint density at radius 2 is 1.84 bits per heavy atom. The Hall–Kier alpha value is -1.59. The summed E-state index contributed by atoms with van der Waals surface area (Å²) in [4.78, 5) is 11.7. The molecule has 0 amide bonds. The van der Waals surface area contributed by atoms with Crippen LogP contribution in [-0.4, -0.2) is 24.1 Å². The molecule has 1 aromatic heterocycles. The van der Waals surface area contributed by atoms with Crippen molar-refractivity contribution in [2.24, 2.45) is 0 Å². The van der Waals surface area contributed by atoms with E-state index in [2.05, 4.69) is 0 Å². The number of alkyl halides is 1. The van der Waals surface area contributed by atoms with E-state index in [-0.39, 0.29) is 16.5 Å². The first kappa shape index (κ1) is 13.8. The van der Waals surface area contributed by atoms with Crippen LogP contribution in [0.25, 0.3) is 0 Å². The smallest absolute Gasteiger partial charge is 0.268 e. The minimum Gasteiger partial charge on any atom is -0.291 e. The maximum absolute atomic E-state index is 12.4. The van der Waals surface area contributed by atoms with E-state index in [0.29, 0.717) is 0 Å². The van der Waals surface area contributed by atoms with E-state index in [0.717, 1.165) is 9.54 Å². The third kappa shape index (κ3) is 2.57. The second-order valence-corrected chi connectivity index (χ2v) is 6.15. The third-order valence-electron chi connectivity index (χ3n) is 2.70. The lowest BCUT2D eigenvalue weighted by Crippen LogP contribution is -2.18. The predicted molar refractivity (Wildman–Crippen MR) is 73.2 cm³/mol. The van der Waals surface area contributed by atoms with Gasteiger partial charge in [-0.05, 0) is 31.2 Å². The molecule has 0 radical (unpaired) electrons. The standard InChI is InChI=1S/C13H12ClNO3S/c1-10-4-6-11(7-5-10)19(17,18)15-8-2-3-12(15)13(16)9-14/h2-8H,9H2,1H3. The SMILES string of the molecule is Cc1ccc(S(=O)(=O)n2cccc2C(=O)CCl)cc1. The molecule has 2 rings (SSSR count). The molecule has 0 spiro atoms. The maximum Gasteiger partial charge on any atom is 0.268 e. The maximum atomic E-state index is 12.4. The van der Waals surface area contributed by atoms with Crippen LogP contribution in [0.15, 0.2) is 47.5 Å². The zero-order chi connectivity index (χ0) is 14.0. The van der Waals surface area contributed by atoms with E-state index in [4.69, 9.17) is 11.6 Å². The van der Waals surface area contributed by atoms with Crippen molar-refractivity contribution in [2.75, 3.05) is 5.88 Å². The predicted octanol–water partition coefficient (Wildman–Crippen LogP) is 2.46. The number of carbonyl (C=O) groups excluding carboxylic acids is 1. The molecule has 6 heteroatoms. The zero-order valence-electron chi connectivity index (χ0n) is 10.2. The van der Waals surface area contributed by atoms with Crippen LogP contribution in [0, 0.1) is 6.92 Å². The van der Waals surface area contributed by atoms with E-state index >= 15 is 0 Å². The lowest BCUT2D eigenvalue weighted by atomic mass is 10.2. The fraction of sp³-hybridized carbons (Fsp3) is 0.154. The van der Waals surface area contributed by atoms with Gasteiger partial charge in [-0.1, -0.05) is 17.7 Å². The Labute approximate surface area is 116 Å². The monoisotopic (exact) mass is 297 g/mol. The summed E-state index contributed by atoms with van der Waals surface area (Å²) in [5.74, 6) is -0.685. The molecule has 0 N–H and O–H groups in total. The molecule has 0 atom stereocenters. The number of benzene rings is 1. The van der Waals surface area contributed by atoms with Crippen LogP contribution in [0.1, 0.15) is 16.1 Å². The minimum absolute atomic E-state index is 0.0653. The van der Waals surface area contributed by atoms with Crippen molar-refractivity contribution >= 4 is 27.4 Å². The number of aromatic nitrogens is 1. The molecule has 0 saturated heterocycles. The highest BCUT2D eigenvalue weighted by Gasteiger charge is 2.21. The third-order valence-corrected chi connectivity index (χ3v) is 4.64. The number of hydrogen-bond acceptors (Lipinski definition) is 3. The Balaban J connectivity index is 2.54. The van der Waals surface area contributed by atoms with Crippen LogP contribution >= 0.6 is 11.6 Å². The quantitative estimate of drug-likeness (QED) is 0.643. The normalized spacial score (nSPS) is 11.5. The second kappa shape index (κ2) is 5.19. The van der Waals surface area contributed by atoms with Crippen molar-refractivity contribution in [2.45, 2.75) is 11.8 Å². The molecular formula is C13H12ClNO3S. The number of carbonyl (C=O) groups is 1. The van der Waals surface area contributed by atoms with Crippen LogP contribution in [0.5, 0.6) is 0 Å². The van der Waals surface area contributed by atoms with Gasteiger partial charge in [-0.15, -0.1) is 11.6 Å². The molecule has 0 fully saturated rings. The first-order valence-corrected chi connectivity index (χ1v) is 7.53. The van der Waals surface area contributed by atoms with Gasteiger partial charge in [0.15, 0.2) is 5.78 Å². The highest BCUT2D eigenvalue weighted by Crippen LogP contribution is 2.17. The number of ketones is 1. The average molecular weight is 298 g/mol. The van der Waals surface area contributed by atoms with Gasteiger partial charge in [-0.25, -0.2) is 12.4 Å². The van der Waals surface area contributed by atoms with Crippen LogP contribution in [0.4, 0.5) is 0 Å². The summed E-state index contributed by atoms with van der Waals surface area (Å²) in [6, 6.07) is 9.39. The van der Waals surface area contributed by atoms with E-state index in [1.165, 1.54) is 30.5 Å². The molecule has 100 valence electrons. The topological polar surface area (TPSA) is 56.1 Å². The van der Waals surface area contributed by atoms with Crippen molar-refractivity contribution in [3.05, 3.63) is 53.9 Å². The first-order valence-electron chi connectivity index (χ1n) is 5.55. The summed E-state index contributed by atoms with van der Waals surface area (Å²) in [6.07, 6.45) is 1.34. The molecule has 0 aliphatic carbocycles. The van der Waals surface area contributed by atoms with Gasteiger partial charge in [-0.3, -0.25) is 4.79 Å². The number of Topliss-reactive ketones (excluding diaryl/α,β-unsaturated/α-hetero) is 1. The van der Waals surface area contributed by atoms with Crippen LogP contribution in [-0.2, 0) is 10.0 Å². The van der Waals surface area contributed by atoms with Crippen molar-refractivity contribution in [3.63, 3.8) is 0 Å². The zero-order valence-corrected chi connectivity index (χ0v) is 11.8. The van der Waals surface area contributed by atoms with Crippen molar-refractivity contribution in [3.8, 4) is 0 Å². The summed E-state index contributed by atoms with van der Waals surface area (Å²) in [5, 5.41) is 0. The fourth-order valence-electron chi connectivity index (χ4n) is 1.68. The van der Waals surface area contributed by atoms with Gasteiger partial charge in [-0.2, -0.15) is 0 Å². The van der Waals surface area contributed by atoms with E-state index in [9.17, 15) is 13.2 Å². The Morgan fingerprint density at radius 3 is 2.42 bits per heavy atom. The highest BCUT2D eigenvalue weighted by atomic mass is 35.5. The highest BCUT2D eigenvalue weighted by molar-refractivity contribution is 7.90. The van der Waals surface area contributed by atoms with Gasteiger partial charge >= 0.3 is 0 Å². The van der Waals surface area contributed by atoms with Crippen molar-refractivity contribution in [1.29, 1.82) is 0 Å². The molecular weight excluding hydrogens is 286 g/mol. The molecule has 0 aliphatic heterocycles. The number of halogens is 1. The van der Waals surface area contributed by atoms with Gasteiger partial charge in [0.1, 0.15) is 5.69 Å². The molecule has 0 unspecified atom stereocenters. The molecule has 4 nitrogen and oxygen atoms in total. The number of hydrogen-bond donors (Lipinski definition) is 0. The molecule has 0 bridgehead atoms. The van der Waals surface area contributed by atoms with E-state index in [1.54, 1.807) is 12.1 Å². The lowest BCUT2D eigenvalue weighted by molar-refractivity contribution is 0.101. The summed E-state index contributed by atoms with van der Waals surface area (Å²) < 4.78 is 25.8. The molecule has 19 heavy (non-hydrogen) atoms. The minimum atomic E-state index is -3.76. The number of rotatable bonds is 4. The van der Waals surface area contributed by atoms with Crippen LogP contribution in [0.2, 0.25) is 0 Å². The number of aryl methyl sites for hydroxylation is 1. The Bertz CT molecular complexity index is 702. The summed E-state index contributed by atoms with van der Waals surface area (Å²) in [5.41, 5.74) is 1.03. The van der Waals surface area contributed by atoms with Crippen molar-refractivity contribution in [1.82, 2.24) is 3.97 Å². The fourth-order valence-corrected chi connectivity index (χ4v) is 3.18. The van der Waals surface area contributed by atoms with Gasteiger partial charge in [0.2, 0.25) is 0 Å². The van der Waals surface area contributed by atoms with Gasteiger partial charge in [0, 0.05) is 6.20 Å². The summed E-state index contributed by atoms with van der Waals surface area (Å²) >= 11 is 5.47. The summed E-state index contributed by atoms with van der Waals surface area (Å²) in [6.45, 7) is 1.87. The Kier molecular flexibility index (Phi) is 3.78. The molecule has 0 saturated carbocycles. The van der Waals surface area contributed by atoms with Gasteiger partial charge in [0.05, 0.1) is 10.8 Å². The average Bonchev–Trinajstić information content (AvgIpc) is 2.88. The lowest BCUT2D eigenvalue weighted by Gasteiger charge is -2.09. The van der Waals surface area contributed by atoms with E-state index < -0.39 is 15.8 Å². The first-order chi connectivity index (χ1) is 8.96. The van der Waals surface area contributed by atoms with Crippen LogP contribution in [0.3, 0.4) is 0 Å². The van der Waals surface area contributed by atoms with Gasteiger partial charge in [0.25, 0.3) is 10.0 Å². The van der Waals surface area contributed by atoms with E-state index in [1.807, 2.05) is 6.92 Å². The summed E-state index contributed by atoms with van der Waals surface area (Å²) in [7, 11) is -3.76. The van der Waals surface area contributed by atoms with Crippen molar-refractivity contribution < 1.29 is 13.2 Å². The largest absolute Gasteiger partial charge is 0.291 e.